The summed E-state index contributed by atoms with van der Waals surface area (Å²) in [4.78, 5) is 12.0. The van der Waals surface area contributed by atoms with E-state index in [0.29, 0.717) is 6.42 Å². The van der Waals surface area contributed by atoms with Crippen LogP contribution in [0.5, 0.6) is 0 Å². The summed E-state index contributed by atoms with van der Waals surface area (Å²) >= 11 is 0. The van der Waals surface area contributed by atoms with Gasteiger partial charge in [-0.05, 0) is 25.5 Å². The van der Waals surface area contributed by atoms with E-state index in [4.69, 9.17) is 0 Å². The summed E-state index contributed by atoms with van der Waals surface area (Å²) in [7, 11) is 0. The second-order valence-corrected chi connectivity index (χ2v) is 5.72. The Morgan fingerprint density at radius 2 is 1.83 bits per heavy atom. The zero-order valence-corrected chi connectivity index (χ0v) is 14.0. The van der Waals surface area contributed by atoms with Crippen LogP contribution in [0.4, 0.5) is 0 Å². The van der Waals surface area contributed by atoms with E-state index in [1.165, 1.54) is 5.52 Å². The zero-order valence-electron chi connectivity index (χ0n) is 14.0. The molecular formula is C20H21N3O. The molecule has 0 aliphatic carbocycles. The lowest BCUT2D eigenvalue weighted by molar-refractivity contribution is -0.120. The highest BCUT2D eigenvalue weighted by atomic mass is 16.2. The lowest BCUT2D eigenvalue weighted by Crippen LogP contribution is -2.19. The lowest BCUT2D eigenvalue weighted by atomic mass is 10.1. The molecule has 0 saturated carbocycles. The van der Waals surface area contributed by atoms with Crippen molar-refractivity contribution < 1.29 is 4.79 Å². The minimum Gasteiger partial charge on any atom is -0.344 e. The number of hydrogen-bond donors (Lipinski definition) is 1. The molecule has 3 rings (SSSR count). The van der Waals surface area contributed by atoms with Crippen LogP contribution in [-0.4, -0.2) is 16.7 Å². The molecule has 0 atom stereocenters. The average Bonchev–Trinajstić information content (AvgIpc) is 2.87. The first-order chi connectivity index (χ1) is 11.7. The molecule has 0 aliphatic rings. The third-order valence-electron chi connectivity index (χ3n) is 4.19. The third kappa shape index (κ3) is 3.23. The Morgan fingerprint density at radius 1 is 1.12 bits per heavy atom. The number of hydrogen-bond acceptors (Lipinski definition) is 2. The van der Waals surface area contributed by atoms with Crippen molar-refractivity contribution in [3.8, 4) is 0 Å². The maximum absolute atomic E-state index is 12.0. The maximum Gasteiger partial charge on any atom is 0.244 e. The summed E-state index contributed by atoms with van der Waals surface area (Å²) in [6.07, 6.45) is 2.07. The first-order valence-corrected chi connectivity index (χ1v) is 8.14. The van der Waals surface area contributed by atoms with Crippen LogP contribution in [0.15, 0.2) is 59.7 Å². The van der Waals surface area contributed by atoms with E-state index in [0.717, 1.165) is 28.8 Å². The molecule has 24 heavy (non-hydrogen) atoms. The molecule has 3 aromatic rings. The minimum atomic E-state index is -0.116. The van der Waals surface area contributed by atoms with Crippen molar-refractivity contribution in [2.24, 2.45) is 5.10 Å². The van der Waals surface area contributed by atoms with Crippen molar-refractivity contribution in [2.75, 3.05) is 0 Å². The molecule has 0 spiro atoms. The Bertz CT molecular complexity index is 879. The first kappa shape index (κ1) is 16.0. The second-order valence-electron chi connectivity index (χ2n) is 5.72. The molecule has 4 nitrogen and oxygen atoms in total. The van der Waals surface area contributed by atoms with Crippen LogP contribution in [0.25, 0.3) is 10.9 Å². The normalized spacial score (nSPS) is 11.2. The van der Waals surface area contributed by atoms with Gasteiger partial charge in [0.25, 0.3) is 0 Å². The maximum atomic E-state index is 12.0. The van der Waals surface area contributed by atoms with Gasteiger partial charge in [-0.3, -0.25) is 4.79 Å². The summed E-state index contributed by atoms with van der Waals surface area (Å²) in [5.74, 6) is -0.116. The molecule has 4 heteroatoms. The predicted molar refractivity (Wildman–Crippen MR) is 98.2 cm³/mol. The number of benzene rings is 2. The molecule has 2 aromatic carbocycles. The van der Waals surface area contributed by atoms with Crippen molar-refractivity contribution >= 4 is 23.0 Å². The number of para-hydroxylation sites is 1. The highest BCUT2D eigenvalue weighted by Crippen LogP contribution is 2.24. The standard InChI is InChI=1S/C20H21N3O/c1-3-23-15(2)18(17-11-7-8-12-19(17)23)14-21-22-20(24)13-16-9-5-4-6-10-16/h4-12,14H,3,13H2,1-2H3,(H,22,24)/b21-14-. The number of rotatable bonds is 5. The summed E-state index contributed by atoms with van der Waals surface area (Å²) in [6, 6.07) is 17.9. The van der Waals surface area contributed by atoms with Gasteiger partial charge in [0.2, 0.25) is 5.91 Å². The molecule has 0 unspecified atom stereocenters. The Morgan fingerprint density at radius 3 is 2.58 bits per heavy atom. The number of nitrogens with one attached hydrogen (secondary N) is 1. The van der Waals surface area contributed by atoms with Crippen LogP contribution >= 0.6 is 0 Å². The van der Waals surface area contributed by atoms with Gasteiger partial charge in [-0.25, -0.2) is 5.43 Å². The number of fused-ring (bicyclic) bond motifs is 1. The van der Waals surface area contributed by atoms with Crippen LogP contribution < -0.4 is 5.43 Å². The van der Waals surface area contributed by atoms with Gasteiger partial charge in [0.1, 0.15) is 0 Å². The van der Waals surface area contributed by atoms with Crippen molar-refractivity contribution in [2.45, 2.75) is 26.8 Å². The van der Waals surface area contributed by atoms with E-state index in [2.05, 4.69) is 41.1 Å². The van der Waals surface area contributed by atoms with Crippen molar-refractivity contribution in [1.82, 2.24) is 9.99 Å². The van der Waals surface area contributed by atoms with Crippen LogP contribution in [0.1, 0.15) is 23.7 Å². The summed E-state index contributed by atoms with van der Waals surface area (Å²) < 4.78 is 2.25. The molecule has 0 bridgehead atoms. The molecule has 1 amide bonds. The fourth-order valence-corrected chi connectivity index (χ4v) is 3.02. The first-order valence-electron chi connectivity index (χ1n) is 8.14. The van der Waals surface area contributed by atoms with Gasteiger partial charge in [0.15, 0.2) is 0 Å². The van der Waals surface area contributed by atoms with Crippen molar-refractivity contribution in [1.29, 1.82) is 0 Å². The third-order valence-corrected chi connectivity index (χ3v) is 4.19. The van der Waals surface area contributed by atoms with E-state index in [-0.39, 0.29) is 5.91 Å². The molecule has 0 fully saturated rings. The molecule has 1 aromatic heterocycles. The number of carbonyl (C=O) groups is 1. The van der Waals surface area contributed by atoms with E-state index >= 15 is 0 Å². The molecule has 0 saturated heterocycles. The second kappa shape index (κ2) is 7.13. The van der Waals surface area contributed by atoms with E-state index in [1.54, 1.807) is 6.21 Å². The minimum absolute atomic E-state index is 0.116. The van der Waals surface area contributed by atoms with Crippen molar-refractivity contribution in [3.63, 3.8) is 0 Å². The van der Waals surface area contributed by atoms with Crippen molar-refractivity contribution in [3.05, 3.63) is 71.4 Å². The fourth-order valence-electron chi connectivity index (χ4n) is 3.02. The summed E-state index contributed by atoms with van der Waals surface area (Å²) in [5, 5.41) is 5.31. The fraction of sp³-hybridized carbons (Fsp3) is 0.200. The van der Waals surface area contributed by atoms with E-state index < -0.39 is 0 Å². The smallest absolute Gasteiger partial charge is 0.244 e. The van der Waals surface area contributed by atoms with E-state index in [1.807, 2.05) is 42.5 Å². The van der Waals surface area contributed by atoms with Gasteiger partial charge in [-0.2, -0.15) is 5.10 Å². The SMILES string of the molecule is CCn1c(C)c(/C=N\NC(=O)Cc2ccccc2)c2ccccc21. The topological polar surface area (TPSA) is 46.4 Å². The number of carbonyl (C=O) groups excluding carboxylic acids is 1. The monoisotopic (exact) mass is 319 g/mol. The molecule has 0 radical (unpaired) electrons. The van der Waals surface area contributed by atoms with Gasteiger partial charge >= 0.3 is 0 Å². The summed E-state index contributed by atoms with van der Waals surface area (Å²) in [5.41, 5.74) is 6.99. The Balaban J connectivity index is 1.76. The van der Waals surface area contributed by atoms with Crippen LogP contribution in [0, 0.1) is 6.92 Å². The number of nitrogens with zero attached hydrogens (tertiary/aromatic N) is 2. The van der Waals surface area contributed by atoms with Crippen LogP contribution in [0.3, 0.4) is 0 Å². The van der Waals surface area contributed by atoms with Crippen LogP contribution in [0.2, 0.25) is 0 Å². The summed E-state index contributed by atoms with van der Waals surface area (Å²) in [6.45, 7) is 5.11. The largest absolute Gasteiger partial charge is 0.344 e. The molecule has 0 aliphatic heterocycles. The molecule has 122 valence electrons. The molecule has 1 N–H and O–H groups in total. The number of aryl methyl sites for hydroxylation is 1. The lowest BCUT2D eigenvalue weighted by Gasteiger charge is -2.03. The number of aromatic nitrogens is 1. The zero-order chi connectivity index (χ0) is 16.9. The van der Waals surface area contributed by atoms with Gasteiger partial charge in [0, 0.05) is 28.7 Å². The highest BCUT2D eigenvalue weighted by Gasteiger charge is 2.11. The predicted octanol–water partition coefficient (Wildman–Crippen LogP) is 3.66. The Kier molecular flexibility index (Phi) is 4.75. The quantitative estimate of drug-likeness (QED) is 0.566. The number of amides is 1. The van der Waals surface area contributed by atoms with Gasteiger partial charge < -0.3 is 4.57 Å². The Labute approximate surface area is 141 Å². The molecular weight excluding hydrogens is 298 g/mol. The van der Waals surface area contributed by atoms with Gasteiger partial charge in [-0.15, -0.1) is 0 Å². The van der Waals surface area contributed by atoms with Crippen LogP contribution in [-0.2, 0) is 17.8 Å². The average molecular weight is 319 g/mol. The van der Waals surface area contributed by atoms with Gasteiger partial charge in [-0.1, -0.05) is 48.5 Å². The molecule has 1 heterocycles. The number of hydrazone groups is 1. The highest BCUT2D eigenvalue weighted by molar-refractivity contribution is 6.01. The van der Waals surface area contributed by atoms with E-state index in [9.17, 15) is 4.79 Å². The van der Waals surface area contributed by atoms with Gasteiger partial charge in [0.05, 0.1) is 12.6 Å². The Hall–Kier alpha value is -2.88.